The van der Waals surface area contributed by atoms with Gasteiger partial charge in [0.05, 0.1) is 6.61 Å². The Kier molecular flexibility index (Phi) is 4.36. The third-order valence-electron chi connectivity index (χ3n) is 7.47. The van der Waals surface area contributed by atoms with E-state index in [4.69, 9.17) is 4.74 Å². The number of H-pyrrole nitrogens is 1. The van der Waals surface area contributed by atoms with Gasteiger partial charge in [0.1, 0.15) is 11.4 Å². The van der Waals surface area contributed by atoms with Crippen LogP contribution in [0.25, 0.3) is 22.2 Å². The van der Waals surface area contributed by atoms with Gasteiger partial charge >= 0.3 is 0 Å². The molecule has 5 heterocycles. The summed E-state index contributed by atoms with van der Waals surface area (Å²) >= 11 is 0. The van der Waals surface area contributed by atoms with E-state index in [0.717, 1.165) is 37.4 Å². The number of aryl methyl sites for hydroxylation is 2. The van der Waals surface area contributed by atoms with Crippen LogP contribution in [0.5, 0.6) is 5.75 Å². The molecule has 1 N–H and O–H groups in total. The smallest absolute Gasteiger partial charge is 0.137 e. The van der Waals surface area contributed by atoms with E-state index in [1.165, 1.54) is 59.1 Å². The molecule has 2 fully saturated rings. The number of ether oxygens (including phenoxy) is 1. The molecule has 3 aromatic rings. The van der Waals surface area contributed by atoms with E-state index >= 15 is 0 Å². The number of rotatable bonds is 3. The lowest BCUT2D eigenvalue weighted by atomic mass is 9.95. The Hall–Kier alpha value is -2.37. The van der Waals surface area contributed by atoms with Gasteiger partial charge in [-0.15, -0.1) is 0 Å². The van der Waals surface area contributed by atoms with Crippen LogP contribution in [0.1, 0.15) is 36.0 Å². The van der Waals surface area contributed by atoms with E-state index in [1.54, 1.807) is 0 Å². The van der Waals surface area contributed by atoms with Crippen LogP contribution in [0.3, 0.4) is 0 Å². The van der Waals surface area contributed by atoms with Crippen molar-refractivity contribution < 1.29 is 4.74 Å². The Morgan fingerprint density at radius 3 is 2.80 bits per heavy atom. The maximum atomic E-state index is 6.20. The fourth-order valence-electron chi connectivity index (χ4n) is 5.71. The van der Waals surface area contributed by atoms with Crippen LogP contribution in [0, 0.1) is 6.92 Å². The van der Waals surface area contributed by atoms with E-state index in [2.05, 4.69) is 51.9 Å². The topological polar surface area (TPSA) is 44.4 Å². The first-order valence-corrected chi connectivity index (χ1v) is 11.3. The van der Waals surface area contributed by atoms with E-state index in [1.807, 2.05) is 12.4 Å². The number of fused-ring (bicyclic) bond motifs is 4. The Bertz CT molecular complexity index is 1090. The van der Waals surface area contributed by atoms with Crippen LogP contribution in [-0.2, 0) is 13.0 Å². The van der Waals surface area contributed by atoms with Crippen molar-refractivity contribution in [3.8, 4) is 16.9 Å². The van der Waals surface area contributed by atoms with Gasteiger partial charge in [0, 0.05) is 60.6 Å². The van der Waals surface area contributed by atoms with E-state index < -0.39 is 0 Å². The predicted octanol–water partition coefficient (Wildman–Crippen LogP) is 4.14. The Labute approximate surface area is 178 Å². The zero-order valence-electron chi connectivity index (χ0n) is 17.9. The number of pyridine rings is 1. The molecule has 5 nitrogen and oxygen atoms in total. The molecule has 3 aliphatic rings. The number of likely N-dealkylation sites (N-methyl/N-ethyl adjacent to an activating group) is 1. The van der Waals surface area contributed by atoms with Crippen LogP contribution in [0.2, 0.25) is 0 Å². The van der Waals surface area contributed by atoms with Gasteiger partial charge in [-0.05, 0) is 74.5 Å². The van der Waals surface area contributed by atoms with E-state index in [-0.39, 0.29) is 0 Å². The van der Waals surface area contributed by atoms with Crippen molar-refractivity contribution in [1.29, 1.82) is 0 Å². The first-order chi connectivity index (χ1) is 14.7. The molecule has 30 heavy (non-hydrogen) atoms. The first kappa shape index (κ1) is 18.4. The molecular formula is C25H30N4O. The molecule has 0 amide bonds. The van der Waals surface area contributed by atoms with Crippen molar-refractivity contribution in [1.82, 2.24) is 19.8 Å². The normalized spacial score (nSPS) is 24.2. The molecule has 0 radical (unpaired) electrons. The van der Waals surface area contributed by atoms with Gasteiger partial charge in [-0.25, -0.2) is 4.98 Å². The van der Waals surface area contributed by atoms with Gasteiger partial charge in [-0.2, -0.15) is 0 Å². The minimum absolute atomic E-state index is 0.715. The molecular weight excluding hydrogens is 372 g/mol. The van der Waals surface area contributed by atoms with Crippen molar-refractivity contribution in [2.75, 3.05) is 26.7 Å². The minimum Gasteiger partial charge on any atom is -0.493 e. The summed E-state index contributed by atoms with van der Waals surface area (Å²) < 4.78 is 6.20. The molecule has 5 heteroatoms. The zero-order valence-corrected chi connectivity index (χ0v) is 17.9. The van der Waals surface area contributed by atoms with E-state index in [0.29, 0.717) is 12.1 Å². The summed E-state index contributed by atoms with van der Waals surface area (Å²) in [5, 5.41) is 1.21. The fourth-order valence-corrected chi connectivity index (χ4v) is 5.71. The lowest BCUT2D eigenvalue weighted by molar-refractivity contribution is 0.0828. The average molecular weight is 403 g/mol. The summed E-state index contributed by atoms with van der Waals surface area (Å²) in [6.45, 7) is 6.29. The molecule has 2 bridgehead atoms. The van der Waals surface area contributed by atoms with Gasteiger partial charge in [0.15, 0.2) is 0 Å². The second kappa shape index (κ2) is 7.10. The van der Waals surface area contributed by atoms with Gasteiger partial charge in [-0.1, -0.05) is 0 Å². The van der Waals surface area contributed by atoms with Gasteiger partial charge in [0.2, 0.25) is 0 Å². The van der Waals surface area contributed by atoms with Gasteiger partial charge in [-0.3, -0.25) is 9.80 Å². The SMILES string of the molecule is Cc1c[nH]c2ncc(-c3cc4c(c(CN5CC6CCC(C5)N6C)c3)OCCC4)cc12. The molecule has 2 atom stereocenters. The molecule has 2 aromatic heterocycles. The average Bonchev–Trinajstić information content (AvgIpc) is 3.21. The Morgan fingerprint density at radius 2 is 1.97 bits per heavy atom. The van der Waals surface area contributed by atoms with Crippen LogP contribution in [0.4, 0.5) is 0 Å². The number of nitrogens with zero attached hydrogens (tertiary/aromatic N) is 3. The molecule has 0 aliphatic carbocycles. The zero-order chi connectivity index (χ0) is 20.2. The van der Waals surface area contributed by atoms with Gasteiger partial charge in [0.25, 0.3) is 0 Å². The lowest BCUT2D eigenvalue weighted by Gasteiger charge is -2.39. The minimum atomic E-state index is 0.715. The molecule has 1 aromatic carbocycles. The highest BCUT2D eigenvalue weighted by Gasteiger charge is 2.37. The predicted molar refractivity (Wildman–Crippen MR) is 120 cm³/mol. The number of nitrogens with one attached hydrogen (secondary N) is 1. The number of aromatic nitrogens is 2. The summed E-state index contributed by atoms with van der Waals surface area (Å²) in [4.78, 5) is 13.2. The number of benzene rings is 1. The second-order valence-electron chi connectivity index (χ2n) is 9.41. The molecule has 156 valence electrons. The maximum absolute atomic E-state index is 6.20. The van der Waals surface area contributed by atoms with Crippen molar-refractivity contribution in [2.45, 2.75) is 51.2 Å². The van der Waals surface area contributed by atoms with Crippen LogP contribution in [0.15, 0.2) is 30.6 Å². The third-order valence-corrected chi connectivity index (χ3v) is 7.47. The number of hydrogen-bond donors (Lipinski definition) is 1. The van der Waals surface area contributed by atoms with Crippen LogP contribution in [-0.4, -0.2) is 58.6 Å². The number of piperazine rings is 1. The maximum Gasteiger partial charge on any atom is 0.137 e. The molecule has 6 rings (SSSR count). The number of aromatic amines is 1. The Morgan fingerprint density at radius 1 is 1.13 bits per heavy atom. The second-order valence-corrected chi connectivity index (χ2v) is 9.41. The van der Waals surface area contributed by atoms with Crippen LogP contribution < -0.4 is 4.74 Å². The highest BCUT2D eigenvalue weighted by atomic mass is 16.5. The van der Waals surface area contributed by atoms with Gasteiger partial charge < -0.3 is 9.72 Å². The van der Waals surface area contributed by atoms with Crippen LogP contribution >= 0.6 is 0 Å². The standard InChI is InChI=1S/C25H30N4O/c1-16-11-26-25-23(16)10-19(12-27-25)18-8-17-4-3-7-30-24(17)20(9-18)13-29-14-21-5-6-22(15-29)28(21)2/h8-12,21-22H,3-7,13-15H2,1-2H3,(H,26,27). The summed E-state index contributed by atoms with van der Waals surface area (Å²) in [6.07, 6.45) is 8.92. The summed E-state index contributed by atoms with van der Waals surface area (Å²) in [7, 11) is 2.30. The quantitative estimate of drug-likeness (QED) is 0.715. The van der Waals surface area contributed by atoms with Crippen molar-refractivity contribution in [2.24, 2.45) is 0 Å². The lowest BCUT2D eigenvalue weighted by Crippen LogP contribution is -2.51. The third kappa shape index (κ3) is 3.03. The fraction of sp³-hybridized carbons (Fsp3) is 0.480. The largest absolute Gasteiger partial charge is 0.493 e. The van der Waals surface area contributed by atoms with Crippen molar-refractivity contribution in [3.05, 3.63) is 47.3 Å². The summed E-state index contributed by atoms with van der Waals surface area (Å²) in [5.41, 5.74) is 7.37. The summed E-state index contributed by atoms with van der Waals surface area (Å²) in [6, 6.07) is 8.39. The first-order valence-electron chi connectivity index (χ1n) is 11.3. The molecule has 0 spiro atoms. The van der Waals surface area contributed by atoms with E-state index in [9.17, 15) is 0 Å². The van der Waals surface area contributed by atoms with Crippen molar-refractivity contribution >= 4 is 11.0 Å². The number of hydrogen-bond acceptors (Lipinski definition) is 4. The Balaban J connectivity index is 1.37. The molecule has 3 aliphatic heterocycles. The molecule has 2 unspecified atom stereocenters. The summed E-state index contributed by atoms with van der Waals surface area (Å²) in [5.74, 6) is 1.14. The van der Waals surface area contributed by atoms with Crippen molar-refractivity contribution in [3.63, 3.8) is 0 Å². The highest BCUT2D eigenvalue weighted by Crippen LogP contribution is 2.37. The highest BCUT2D eigenvalue weighted by molar-refractivity contribution is 5.84. The monoisotopic (exact) mass is 402 g/mol. The number of likely N-dealkylation sites (tertiary alicyclic amines) is 1. The molecule has 2 saturated heterocycles. The molecule has 0 saturated carbocycles.